The zero-order chi connectivity index (χ0) is 26.6. The van der Waals surface area contributed by atoms with Crippen LogP contribution in [0.5, 0.6) is 0 Å². The number of fused-ring (bicyclic) bond motifs is 1. The molecule has 3 heterocycles. The summed E-state index contributed by atoms with van der Waals surface area (Å²) in [4.78, 5) is 35.4. The molecule has 38 heavy (non-hydrogen) atoms. The first kappa shape index (κ1) is 25.7. The van der Waals surface area contributed by atoms with E-state index in [1.54, 1.807) is 4.90 Å². The van der Waals surface area contributed by atoms with Gasteiger partial charge in [-0.2, -0.15) is 0 Å². The van der Waals surface area contributed by atoms with Gasteiger partial charge in [0.2, 0.25) is 0 Å². The second-order valence-corrected chi connectivity index (χ2v) is 9.87. The molecule has 2 fully saturated rings. The number of nitrogens with one attached hydrogen (secondary N) is 4. The quantitative estimate of drug-likeness (QED) is 0.335. The first-order valence-corrected chi connectivity index (χ1v) is 13.3. The molecule has 0 aromatic carbocycles. The number of carbonyl (C=O) groups is 2. The van der Waals surface area contributed by atoms with Gasteiger partial charge in [-0.1, -0.05) is 0 Å². The summed E-state index contributed by atoms with van der Waals surface area (Å²) < 4.78 is 15.6. The first-order chi connectivity index (χ1) is 18.4. The predicted molar refractivity (Wildman–Crippen MR) is 143 cm³/mol. The van der Waals surface area contributed by atoms with Gasteiger partial charge in [0.25, 0.3) is 5.91 Å². The van der Waals surface area contributed by atoms with Crippen LogP contribution in [0.1, 0.15) is 62.9 Å². The van der Waals surface area contributed by atoms with E-state index in [0.29, 0.717) is 30.6 Å². The Kier molecular flexibility index (Phi) is 7.57. The highest BCUT2D eigenvalue weighted by Crippen LogP contribution is 2.30. The average molecular weight is 524 g/mol. The molecule has 12 heteroatoms. The fourth-order valence-electron chi connectivity index (χ4n) is 4.78. The smallest absolute Gasteiger partial charge is 0.317 e. The highest BCUT2D eigenvalue weighted by atomic mass is 19.1. The monoisotopic (exact) mass is 523 g/mol. The molecule has 0 aliphatic heterocycles. The summed E-state index contributed by atoms with van der Waals surface area (Å²) >= 11 is 0. The standard InChI is InChI=1S/C26H34FN9O2/c1-3-35(4-2)26(38)32-18-9-7-17(8-10-18)31-23-13-21(30-16-5-6-16)24-29-15-22(36(24)34-23)25(37)33-20-11-12-28-14-19(20)27/h11-18,30H,3-10H2,1-2H3,(H,31,34)(H,32,38)(H,28,33,37)/t17-,18-. The fourth-order valence-corrected chi connectivity index (χ4v) is 4.78. The van der Waals surface area contributed by atoms with Crippen molar-refractivity contribution in [1.82, 2.24) is 29.8 Å². The van der Waals surface area contributed by atoms with E-state index in [0.717, 1.165) is 50.4 Å². The van der Waals surface area contributed by atoms with Crippen LogP contribution in [-0.2, 0) is 0 Å². The number of amides is 3. The van der Waals surface area contributed by atoms with E-state index >= 15 is 0 Å². The van der Waals surface area contributed by atoms with Gasteiger partial charge in [0.15, 0.2) is 17.2 Å². The van der Waals surface area contributed by atoms with Gasteiger partial charge in [-0.25, -0.2) is 18.7 Å². The van der Waals surface area contributed by atoms with Gasteiger partial charge in [-0.15, -0.1) is 5.10 Å². The normalized spacial score (nSPS) is 19.1. The average Bonchev–Trinajstić information content (AvgIpc) is 3.62. The Morgan fingerprint density at radius 1 is 1.00 bits per heavy atom. The summed E-state index contributed by atoms with van der Waals surface area (Å²) in [6, 6.07) is 4.03. The second-order valence-electron chi connectivity index (χ2n) is 9.87. The Balaban J connectivity index is 1.30. The number of pyridine rings is 1. The largest absolute Gasteiger partial charge is 0.379 e. The molecule has 2 aliphatic carbocycles. The van der Waals surface area contributed by atoms with Crippen LogP contribution < -0.4 is 21.3 Å². The molecular formula is C26H34FN9O2. The van der Waals surface area contributed by atoms with Crippen molar-refractivity contribution in [2.24, 2.45) is 0 Å². The van der Waals surface area contributed by atoms with E-state index in [4.69, 9.17) is 0 Å². The summed E-state index contributed by atoms with van der Waals surface area (Å²) in [7, 11) is 0. The van der Waals surface area contributed by atoms with Crippen molar-refractivity contribution in [3.63, 3.8) is 0 Å². The number of anilines is 3. The highest BCUT2D eigenvalue weighted by molar-refractivity contribution is 6.03. The van der Waals surface area contributed by atoms with Gasteiger partial charge >= 0.3 is 6.03 Å². The summed E-state index contributed by atoms with van der Waals surface area (Å²) in [5, 5.41) is 17.4. The minimum absolute atomic E-state index is 0.00752. The van der Waals surface area contributed by atoms with Gasteiger partial charge in [-0.05, 0) is 58.4 Å². The zero-order valence-electron chi connectivity index (χ0n) is 21.7. The summed E-state index contributed by atoms with van der Waals surface area (Å²) in [5.74, 6) is -0.516. The first-order valence-electron chi connectivity index (χ1n) is 13.3. The molecule has 5 rings (SSSR count). The van der Waals surface area contributed by atoms with Crippen LogP contribution in [0.2, 0.25) is 0 Å². The van der Waals surface area contributed by atoms with Gasteiger partial charge in [-0.3, -0.25) is 9.78 Å². The molecule has 4 N–H and O–H groups in total. The van der Waals surface area contributed by atoms with Gasteiger partial charge in [0.1, 0.15) is 5.82 Å². The van der Waals surface area contributed by atoms with Gasteiger partial charge < -0.3 is 26.2 Å². The van der Waals surface area contributed by atoms with Gasteiger partial charge in [0, 0.05) is 43.5 Å². The number of hydrogen-bond acceptors (Lipinski definition) is 7. The van der Waals surface area contributed by atoms with Crippen LogP contribution in [0.3, 0.4) is 0 Å². The lowest BCUT2D eigenvalue weighted by molar-refractivity contribution is 0.102. The van der Waals surface area contributed by atoms with Crippen LogP contribution in [0.4, 0.5) is 26.4 Å². The van der Waals surface area contributed by atoms with E-state index in [9.17, 15) is 14.0 Å². The van der Waals surface area contributed by atoms with E-state index in [1.807, 2.05) is 19.9 Å². The third-order valence-corrected chi connectivity index (χ3v) is 7.12. The maximum atomic E-state index is 14.1. The number of hydrogen-bond donors (Lipinski definition) is 4. The van der Waals surface area contributed by atoms with Crippen LogP contribution in [0.15, 0.2) is 30.7 Å². The van der Waals surface area contributed by atoms with Gasteiger partial charge in [0.05, 0.1) is 23.8 Å². The Morgan fingerprint density at radius 2 is 1.68 bits per heavy atom. The van der Waals surface area contributed by atoms with Crippen molar-refractivity contribution in [1.29, 1.82) is 0 Å². The number of aromatic nitrogens is 4. The van der Waals surface area contributed by atoms with Crippen LogP contribution in [-0.4, -0.2) is 67.6 Å². The molecule has 0 saturated heterocycles. The van der Waals surface area contributed by atoms with Crippen molar-refractivity contribution in [2.75, 3.05) is 29.0 Å². The van der Waals surface area contributed by atoms with Crippen LogP contribution in [0.25, 0.3) is 5.65 Å². The van der Waals surface area contributed by atoms with Crippen molar-refractivity contribution >= 4 is 34.8 Å². The Hall–Kier alpha value is -3.96. The molecule has 0 unspecified atom stereocenters. The molecule has 0 spiro atoms. The van der Waals surface area contributed by atoms with Crippen LogP contribution in [0, 0.1) is 5.82 Å². The molecule has 0 radical (unpaired) electrons. The second kappa shape index (κ2) is 11.2. The molecule has 3 aromatic rings. The minimum atomic E-state index is -0.620. The van der Waals surface area contributed by atoms with E-state index in [2.05, 4.69) is 36.3 Å². The lowest BCUT2D eigenvalue weighted by Crippen LogP contribution is -2.46. The topological polar surface area (TPSA) is 129 Å². The van der Waals surface area contributed by atoms with Crippen LogP contribution >= 0.6 is 0 Å². The number of carbonyl (C=O) groups excluding carboxylic acids is 2. The molecule has 0 atom stereocenters. The van der Waals surface area contributed by atoms with E-state index in [1.165, 1.54) is 23.0 Å². The number of imidazole rings is 1. The van der Waals surface area contributed by atoms with Crippen molar-refractivity contribution in [2.45, 2.75) is 70.5 Å². The molecule has 202 valence electrons. The van der Waals surface area contributed by atoms with Crippen molar-refractivity contribution in [3.8, 4) is 0 Å². The maximum Gasteiger partial charge on any atom is 0.317 e. The number of rotatable bonds is 9. The summed E-state index contributed by atoms with van der Waals surface area (Å²) in [5.41, 5.74) is 1.56. The molecule has 0 bridgehead atoms. The molecule has 2 saturated carbocycles. The number of halogens is 1. The SMILES string of the molecule is CCN(CC)C(=O)N[C@H]1CC[C@H](Nc2cc(NC3CC3)c3ncc(C(=O)Nc4ccncc4F)n3n2)CC1. The molecule has 11 nitrogen and oxygen atoms in total. The van der Waals surface area contributed by atoms with Crippen molar-refractivity contribution in [3.05, 3.63) is 42.2 Å². The lowest BCUT2D eigenvalue weighted by Gasteiger charge is -2.31. The molecule has 3 amide bonds. The van der Waals surface area contributed by atoms with E-state index in [-0.39, 0.29) is 29.5 Å². The lowest BCUT2D eigenvalue weighted by atomic mass is 9.91. The molecular weight excluding hydrogens is 489 g/mol. The zero-order valence-corrected chi connectivity index (χ0v) is 21.7. The predicted octanol–water partition coefficient (Wildman–Crippen LogP) is 3.86. The molecule has 3 aromatic heterocycles. The number of nitrogens with zero attached hydrogens (tertiary/aromatic N) is 5. The summed E-state index contributed by atoms with van der Waals surface area (Å²) in [6.45, 7) is 5.34. The minimum Gasteiger partial charge on any atom is -0.379 e. The molecule has 2 aliphatic rings. The fraction of sp³-hybridized carbons (Fsp3) is 0.500. The Bertz CT molecular complexity index is 1300. The number of urea groups is 1. The third kappa shape index (κ3) is 5.79. The maximum absolute atomic E-state index is 14.1. The van der Waals surface area contributed by atoms with E-state index < -0.39 is 11.7 Å². The highest BCUT2D eigenvalue weighted by Gasteiger charge is 2.27. The third-order valence-electron chi connectivity index (χ3n) is 7.12. The Morgan fingerprint density at radius 3 is 2.37 bits per heavy atom. The van der Waals surface area contributed by atoms with Crippen molar-refractivity contribution < 1.29 is 14.0 Å². The Labute approximate surface area is 220 Å². The summed E-state index contributed by atoms with van der Waals surface area (Å²) in [6.07, 6.45) is 9.57.